The van der Waals surface area contributed by atoms with E-state index in [-0.39, 0.29) is 24.1 Å². The molecule has 0 aliphatic heterocycles. The van der Waals surface area contributed by atoms with E-state index in [1.807, 2.05) is 0 Å². The van der Waals surface area contributed by atoms with Gasteiger partial charge in [0.05, 0.1) is 22.0 Å². The first-order valence-electron chi connectivity index (χ1n) is 9.10. The molecule has 14 heteroatoms. The number of halogens is 3. The second-order valence-corrected chi connectivity index (χ2v) is 6.36. The molecule has 0 aromatic heterocycles. The fraction of sp³-hybridized carbons (Fsp3) is 0.263. The molecule has 1 amide bonds. The standard InChI is InChI=1S/C19H16F3N3O8/c1-3-32-18(27)10-23(11(2)26)15-9-13(5-6-14(15)24(28)29)33-17-7-4-12(19(20,21)22)8-16(17)25(30)31/h4-9H,3,10H2,1-2H3. The predicted octanol–water partition coefficient (Wildman–Crippen LogP) is 4.23. The molecule has 0 bridgehead atoms. The summed E-state index contributed by atoms with van der Waals surface area (Å²) >= 11 is 0. The number of ether oxygens (including phenoxy) is 2. The Bertz CT molecular complexity index is 1100. The summed E-state index contributed by atoms with van der Waals surface area (Å²) in [5.74, 6) is -2.46. The van der Waals surface area contributed by atoms with Crippen molar-refractivity contribution in [1.82, 2.24) is 0 Å². The third-order valence-corrected chi connectivity index (χ3v) is 4.12. The average molecular weight is 471 g/mol. The molecular weight excluding hydrogens is 455 g/mol. The van der Waals surface area contributed by atoms with Crippen molar-refractivity contribution in [3.05, 3.63) is 62.2 Å². The van der Waals surface area contributed by atoms with Gasteiger partial charge in [0.25, 0.3) is 5.69 Å². The maximum atomic E-state index is 12.9. The zero-order valence-electron chi connectivity index (χ0n) is 17.1. The van der Waals surface area contributed by atoms with Crippen molar-refractivity contribution >= 4 is 28.9 Å². The van der Waals surface area contributed by atoms with E-state index in [2.05, 4.69) is 0 Å². The van der Waals surface area contributed by atoms with Crippen LogP contribution in [0.2, 0.25) is 0 Å². The highest BCUT2D eigenvalue weighted by Gasteiger charge is 2.34. The summed E-state index contributed by atoms with van der Waals surface area (Å²) in [7, 11) is 0. The van der Waals surface area contributed by atoms with Crippen LogP contribution in [0.25, 0.3) is 0 Å². The molecule has 0 unspecified atom stereocenters. The highest BCUT2D eigenvalue weighted by molar-refractivity contribution is 5.98. The third-order valence-electron chi connectivity index (χ3n) is 4.12. The van der Waals surface area contributed by atoms with Crippen molar-refractivity contribution in [1.29, 1.82) is 0 Å². The first-order chi connectivity index (χ1) is 15.3. The minimum atomic E-state index is -4.83. The SMILES string of the molecule is CCOC(=O)CN(C(C)=O)c1cc(Oc2ccc(C(F)(F)F)cc2[N+](=O)[O-])ccc1[N+](=O)[O-]. The van der Waals surface area contributed by atoms with E-state index in [0.717, 1.165) is 36.1 Å². The molecular formula is C19H16F3N3O8. The number of nitrogens with zero attached hydrogens (tertiary/aromatic N) is 3. The van der Waals surface area contributed by atoms with Gasteiger partial charge in [0.15, 0.2) is 0 Å². The van der Waals surface area contributed by atoms with E-state index in [1.165, 1.54) is 6.92 Å². The molecule has 2 rings (SSSR count). The summed E-state index contributed by atoms with van der Waals surface area (Å²) in [5, 5.41) is 22.7. The molecule has 2 aromatic rings. The molecule has 0 atom stereocenters. The number of amides is 1. The Labute approximate surface area is 183 Å². The largest absolute Gasteiger partial charge is 0.465 e. The Kier molecular flexibility index (Phi) is 7.53. The minimum absolute atomic E-state index is 0.00654. The lowest BCUT2D eigenvalue weighted by Gasteiger charge is -2.20. The molecule has 0 saturated carbocycles. The Morgan fingerprint density at radius 3 is 2.18 bits per heavy atom. The lowest BCUT2D eigenvalue weighted by Crippen LogP contribution is -2.35. The smallest absolute Gasteiger partial charge is 0.416 e. The molecule has 33 heavy (non-hydrogen) atoms. The first kappa shape index (κ1) is 25.0. The number of nitro benzene ring substituents is 2. The topological polar surface area (TPSA) is 142 Å². The van der Waals surface area contributed by atoms with Gasteiger partial charge in [-0.05, 0) is 25.1 Å². The van der Waals surface area contributed by atoms with Gasteiger partial charge < -0.3 is 9.47 Å². The zero-order chi connectivity index (χ0) is 24.9. The van der Waals surface area contributed by atoms with Gasteiger partial charge in [-0.1, -0.05) is 0 Å². The summed E-state index contributed by atoms with van der Waals surface area (Å²) in [6.07, 6.45) is -4.83. The van der Waals surface area contributed by atoms with Crippen molar-refractivity contribution in [2.45, 2.75) is 20.0 Å². The number of rotatable bonds is 8. The molecule has 0 aliphatic rings. The van der Waals surface area contributed by atoms with Gasteiger partial charge in [0.2, 0.25) is 11.7 Å². The first-order valence-corrected chi connectivity index (χ1v) is 9.10. The molecule has 0 fully saturated rings. The molecule has 176 valence electrons. The molecule has 0 saturated heterocycles. The lowest BCUT2D eigenvalue weighted by atomic mass is 10.1. The molecule has 0 spiro atoms. The number of hydrogen-bond acceptors (Lipinski definition) is 8. The van der Waals surface area contributed by atoms with E-state index in [4.69, 9.17) is 9.47 Å². The number of anilines is 1. The number of hydrogen-bond donors (Lipinski definition) is 0. The van der Waals surface area contributed by atoms with E-state index >= 15 is 0 Å². The van der Waals surface area contributed by atoms with E-state index in [9.17, 15) is 43.0 Å². The van der Waals surface area contributed by atoms with Crippen molar-refractivity contribution in [3.8, 4) is 11.5 Å². The van der Waals surface area contributed by atoms with Gasteiger partial charge in [0.1, 0.15) is 18.0 Å². The fourth-order valence-corrected chi connectivity index (χ4v) is 2.69. The number of carbonyl (C=O) groups is 2. The van der Waals surface area contributed by atoms with Crippen LogP contribution in [-0.4, -0.2) is 34.9 Å². The van der Waals surface area contributed by atoms with E-state index in [1.54, 1.807) is 0 Å². The third kappa shape index (κ3) is 6.15. The molecule has 0 radical (unpaired) electrons. The van der Waals surface area contributed by atoms with Gasteiger partial charge >= 0.3 is 17.8 Å². The number of benzene rings is 2. The quantitative estimate of drug-likeness (QED) is 0.316. The van der Waals surface area contributed by atoms with Gasteiger partial charge in [0, 0.05) is 25.1 Å². The van der Waals surface area contributed by atoms with Crippen LogP contribution in [-0.2, 0) is 20.5 Å². The number of alkyl halides is 3. The van der Waals surface area contributed by atoms with Crippen LogP contribution in [0, 0.1) is 20.2 Å². The van der Waals surface area contributed by atoms with Crippen molar-refractivity contribution < 1.29 is 42.1 Å². The Morgan fingerprint density at radius 2 is 1.67 bits per heavy atom. The molecule has 0 N–H and O–H groups in total. The van der Waals surface area contributed by atoms with E-state index < -0.39 is 57.1 Å². The normalized spacial score (nSPS) is 10.9. The van der Waals surface area contributed by atoms with Crippen LogP contribution in [0.4, 0.5) is 30.2 Å². The maximum absolute atomic E-state index is 12.9. The van der Waals surface area contributed by atoms with E-state index in [0.29, 0.717) is 6.07 Å². The average Bonchev–Trinajstić information content (AvgIpc) is 2.71. The number of carbonyl (C=O) groups excluding carboxylic acids is 2. The van der Waals surface area contributed by atoms with Crippen molar-refractivity contribution in [3.63, 3.8) is 0 Å². The summed E-state index contributed by atoms with van der Waals surface area (Å²) in [6.45, 7) is 1.88. The fourth-order valence-electron chi connectivity index (χ4n) is 2.69. The lowest BCUT2D eigenvalue weighted by molar-refractivity contribution is -0.385. The molecule has 11 nitrogen and oxygen atoms in total. The summed E-state index contributed by atoms with van der Waals surface area (Å²) < 4.78 is 48.7. The highest BCUT2D eigenvalue weighted by Crippen LogP contribution is 2.39. The van der Waals surface area contributed by atoms with Crippen LogP contribution in [0.5, 0.6) is 11.5 Å². The van der Waals surface area contributed by atoms with Crippen LogP contribution < -0.4 is 9.64 Å². The monoisotopic (exact) mass is 471 g/mol. The number of nitro groups is 2. The van der Waals surface area contributed by atoms with Crippen LogP contribution >= 0.6 is 0 Å². The Balaban J connectivity index is 2.53. The van der Waals surface area contributed by atoms with Gasteiger partial charge in [-0.2, -0.15) is 13.2 Å². The second-order valence-electron chi connectivity index (χ2n) is 6.36. The van der Waals surface area contributed by atoms with Gasteiger partial charge in [-0.25, -0.2) is 0 Å². The second kappa shape index (κ2) is 9.93. The molecule has 2 aromatic carbocycles. The van der Waals surface area contributed by atoms with Crippen molar-refractivity contribution in [2.75, 3.05) is 18.1 Å². The highest BCUT2D eigenvalue weighted by atomic mass is 19.4. The Hall–Kier alpha value is -4.23. The van der Waals surface area contributed by atoms with Crippen molar-refractivity contribution in [2.24, 2.45) is 0 Å². The maximum Gasteiger partial charge on any atom is 0.416 e. The Morgan fingerprint density at radius 1 is 1.03 bits per heavy atom. The van der Waals surface area contributed by atoms with Gasteiger partial charge in [-0.3, -0.25) is 34.7 Å². The molecule has 0 aliphatic carbocycles. The minimum Gasteiger partial charge on any atom is -0.465 e. The zero-order valence-corrected chi connectivity index (χ0v) is 17.1. The molecule has 0 heterocycles. The summed E-state index contributed by atoms with van der Waals surface area (Å²) in [5.41, 5.74) is -3.25. The summed E-state index contributed by atoms with van der Waals surface area (Å²) in [4.78, 5) is 45.4. The van der Waals surface area contributed by atoms with Crippen LogP contribution in [0.3, 0.4) is 0 Å². The summed E-state index contributed by atoms with van der Waals surface area (Å²) in [6, 6.07) is 4.48. The van der Waals surface area contributed by atoms with Crippen LogP contribution in [0.1, 0.15) is 19.4 Å². The van der Waals surface area contributed by atoms with Gasteiger partial charge in [-0.15, -0.1) is 0 Å². The number of esters is 1. The predicted molar refractivity (Wildman–Crippen MR) is 106 cm³/mol. The van der Waals surface area contributed by atoms with Crippen LogP contribution in [0.15, 0.2) is 36.4 Å².